The number of ether oxygens (including phenoxy) is 1. The van der Waals surface area contributed by atoms with Crippen LogP contribution >= 0.6 is 0 Å². The molecule has 0 spiro atoms. The Kier molecular flexibility index (Phi) is 6.52. The van der Waals surface area contributed by atoms with E-state index in [1.807, 2.05) is 0 Å². The van der Waals surface area contributed by atoms with E-state index in [0.29, 0.717) is 11.5 Å². The van der Waals surface area contributed by atoms with Crippen LogP contribution in [0.25, 0.3) is 0 Å². The lowest BCUT2D eigenvalue weighted by Crippen LogP contribution is -2.22. The Balaban J connectivity index is 1.68. The molecule has 7 nitrogen and oxygen atoms in total. The van der Waals surface area contributed by atoms with Crippen molar-refractivity contribution >= 4 is 23.3 Å². The highest BCUT2D eigenvalue weighted by molar-refractivity contribution is 6.00. The van der Waals surface area contributed by atoms with E-state index in [9.17, 15) is 31.5 Å². The quantitative estimate of drug-likeness (QED) is 0.300. The Hall–Kier alpha value is -4.22. The molecular weight excluding hydrogens is 439 g/mol. The van der Waals surface area contributed by atoms with Crippen molar-refractivity contribution < 1.29 is 36.3 Å². The maximum Gasteiger partial charge on any atom is 0.323 e. The molecule has 0 saturated carbocycles. The Bertz CT molecular complexity index is 1160. The smallest absolute Gasteiger partial charge is 0.323 e. The van der Waals surface area contributed by atoms with E-state index >= 15 is 0 Å². The third kappa shape index (κ3) is 4.74. The SMILES string of the molecule is CNC(=O)c1cc(Oc2ccc(NC(=O)Nc3c(F)c(F)c(F)c(F)c3F)cc2)ccn1. The number of carbonyl (C=O) groups is 2. The van der Waals surface area contributed by atoms with Crippen LogP contribution in [0, 0.1) is 29.1 Å². The van der Waals surface area contributed by atoms with Gasteiger partial charge >= 0.3 is 6.03 Å². The summed E-state index contributed by atoms with van der Waals surface area (Å²) in [6.45, 7) is 0. The highest BCUT2D eigenvalue weighted by atomic mass is 19.2. The molecule has 3 rings (SSSR count). The van der Waals surface area contributed by atoms with E-state index in [2.05, 4.69) is 15.6 Å². The first-order chi connectivity index (χ1) is 15.2. The summed E-state index contributed by atoms with van der Waals surface area (Å²) < 4.78 is 72.4. The Morgan fingerprint density at radius 2 is 1.41 bits per heavy atom. The second-order valence-corrected chi connectivity index (χ2v) is 6.11. The van der Waals surface area contributed by atoms with Crippen molar-refractivity contribution in [3.05, 3.63) is 77.4 Å². The molecule has 0 aliphatic heterocycles. The second kappa shape index (κ2) is 9.29. The summed E-state index contributed by atoms with van der Waals surface area (Å²) in [5, 5.41) is 6.19. The van der Waals surface area contributed by atoms with Crippen molar-refractivity contribution in [2.24, 2.45) is 0 Å². The summed E-state index contributed by atoms with van der Waals surface area (Å²) in [5.41, 5.74) is -1.23. The highest BCUT2D eigenvalue weighted by Gasteiger charge is 2.26. The van der Waals surface area contributed by atoms with Crippen LogP contribution in [0.5, 0.6) is 11.5 Å². The van der Waals surface area contributed by atoms with Crippen LogP contribution in [0.3, 0.4) is 0 Å². The van der Waals surface area contributed by atoms with Gasteiger partial charge in [0.2, 0.25) is 5.82 Å². The predicted molar refractivity (Wildman–Crippen MR) is 103 cm³/mol. The van der Waals surface area contributed by atoms with Gasteiger partial charge in [0.05, 0.1) is 0 Å². The topological polar surface area (TPSA) is 92.4 Å². The molecule has 2 aromatic carbocycles. The fourth-order valence-electron chi connectivity index (χ4n) is 2.46. The molecule has 32 heavy (non-hydrogen) atoms. The van der Waals surface area contributed by atoms with Crippen LogP contribution in [0.15, 0.2) is 42.6 Å². The van der Waals surface area contributed by atoms with Gasteiger partial charge in [-0.3, -0.25) is 9.78 Å². The molecule has 1 aromatic heterocycles. The van der Waals surface area contributed by atoms with E-state index in [0.717, 1.165) is 0 Å². The zero-order chi connectivity index (χ0) is 23.4. The number of halogens is 5. The standard InChI is InChI=1S/C20H13F5N4O3/c1-26-19(30)12-8-11(6-7-27-12)32-10-4-2-9(3-5-10)28-20(31)29-18-16(24)14(22)13(21)15(23)17(18)25/h2-8H,1H3,(H,26,30)(H2,28,29,31). The number of carbonyl (C=O) groups excluding carboxylic acids is 2. The minimum atomic E-state index is -2.34. The number of rotatable bonds is 5. The van der Waals surface area contributed by atoms with E-state index in [4.69, 9.17) is 4.74 Å². The maximum atomic E-state index is 13.7. The minimum absolute atomic E-state index is 0.125. The zero-order valence-electron chi connectivity index (χ0n) is 16.1. The van der Waals surface area contributed by atoms with E-state index in [-0.39, 0.29) is 11.4 Å². The number of benzene rings is 2. The molecule has 3 N–H and O–H groups in total. The molecule has 0 unspecified atom stereocenters. The van der Waals surface area contributed by atoms with Gasteiger partial charge in [0.15, 0.2) is 23.3 Å². The average molecular weight is 452 g/mol. The second-order valence-electron chi connectivity index (χ2n) is 6.11. The highest BCUT2D eigenvalue weighted by Crippen LogP contribution is 2.28. The number of nitrogens with zero attached hydrogens (tertiary/aromatic N) is 1. The molecule has 0 fully saturated rings. The fraction of sp³-hybridized carbons (Fsp3) is 0.0500. The van der Waals surface area contributed by atoms with Crippen molar-refractivity contribution in [1.29, 1.82) is 0 Å². The Morgan fingerprint density at radius 3 is 2.00 bits per heavy atom. The van der Waals surface area contributed by atoms with Crippen LogP contribution in [0.1, 0.15) is 10.5 Å². The first-order valence-electron chi connectivity index (χ1n) is 8.76. The van der Waals surface area contributed by atoms with Gasteiger partial charge in [-0.2, -0.15) is 0 Å². The molecule has 3 amide bonds. The number of aromatic nitrogens is 1. The molecule has 12 heteroatoms. The molecule has 3 aromatic rings. The molecule has 0 saturated heterocycles. The average Bonchev–Trinajstić information content (AvgIpc) is 2.80. The van der Waals surface area contributed by atoms with Crippen molar-refractivity contribution in [1.82, 2.24) is 10.3 Å². The molecular formula is C20H13F5N4O3. The van der Waals surface area contributed by atoms with E-state index in [1.165, 1.54) is 49.6 Å². The number of anilines is 2. The van der Waals surface area contributed by atoms with Crippen LogP contribution in [0.4, 0.5) is 38.1 Å². The lowest BCUT2D eigenvalue weighted by atomic mass is 10.2. The van der Waals surface area contributed by atoms with Gasteiger partial charge in [-0.25, -0.2) is 26.7 Å². The van der Waals surface area contributed by atoms with Crippen LogP contribution in [-0.2, 0) is 0 Å². The number of hydrogen-bond acceptors (Lipinski definition) is 4. The summed E-state index contributed by atoms with van der Waals surface area (Å²) in [6.07, 6.45) is 1.37. The summed E-state index contributed by atoms with van der Waals surface area (Å²) >= 11 is 0. The van der Waals surface area contributed by atoms with Gasteiger partial charge in [-0.1, -0.05) is 0 Å². The summed E-state index contributed by atoms with van der Waals surface area (Å²) in [5.74, 6) is -10.8. The maximum absolute atomic E-state index is 13.7. The Morgan fingerprint density at radius 1 is 0.812 bits per heavy atom. The lowest BCUT2D eigenvalue weighted by Gasteiger charge is -2.11. The van der Waals surface area contributed by atoms with E-state index < -0.39 is 46.7 Å². The number of urea groups is 1. The predicted octanol–water partition coefficient (Wildman–Crippen LogP) is 4.57. The Labute approximate surface area is 177 Å². The fourth-order valence-corrected chi connectivity index (χ4v) is 2.46. The van der Waals surface area contributed by atoms with Gasteiger partial charge in [-0.15, -0.1) is 0 Å². The molecule has 1 heterocycles. The van der Waals surface area contributed by atoms with Gasteiger partial charge in [0.1, 0.15) is 22.9 Å². The zero-order valence-corrected chi connectivity index (χ0v) is 16.1. The van der Waals surface area contributed by atoms with Crippen LogP contribution < -0.4 is 20.7 Å². The number of hydrogen-bond donors (Lipinski definition) is 3. The van der Waals surface area contributed by atoms with Gasteiger partial charge in [-0.05, 0) is 30.3 Å². The molecule has 0 aliphatic rings. The third-order valence-corrected chi connectivity index (χ3v) is 3.99. The van der Waals surface area contributed by atoms with Crippen molar-refractivity contribution in [2.75, 3.05) is 17.7 Å². The first kappa shape index (κ1) is 22.5. The third-order valence-electron chi connectivity index (χ3n) is 3.99. The van der Waals surface area contributed by atoms with Crippen molar-refractivity contribution in [3.8, 4) is 11.5 Å². The molecule has 166 valence electrons. The van der Waals surface area contributed by atoms with Gasteiger partial charge < -0.3 is 20.7 Å². The van der Waals surface area contributed by atoms with Crippen LogP contribution in [0.2, 0.25) is 0 Å². The molecule has 0 radical (unpaired) electrons. The largest absolute Gasteiger partial charge is 0.457 e. The number of nitrogens with one attached hydrogen (secondary N) is 3. The lowest BCUT2D eigenvalue weighted by molar-refractivity contribution is 0.0957. The number of amides is 3. The van der Waals surface area contributed by atoms with Crippen molar-refractivity contribution in [2.45, 2.75) is 0 Å². The normalized spacial score (nSPS) is 10.4. The first-order valence-corrected chi connectivity index (χ1v) is 8.76. The van der Waals surface area contributed by atoms with Gasteiger partial charge in [0, 0.05) is 25.0 Å². The van der Waals surface area contributed by atoms with Crippen molar-refractivity contribution in [3.63, 3.8) is 0 Å². The monoisotopic (exact) mass is 452 g/mol. The summed E-state index contributed by atoms with van der Waals surface area (Å²) in [6, 6.07) is 7.23. The molecule has 0 bridgehead atoms. The van der Waals surface area contributed by atoms with Gasteiger partial charge in [0.25, 0.3) is 5.91 Å². The number of pyridine rings is 1. The van der Waals surface area contributed by atoms with Crippen LogP contribution in [-0.4, -0.2) is 24.0 Å². The summed E-state index contributed by atoms with van der Waals surface area (Å²) in [7, 11) is 1.45. The minimum Gasteiger partial charge on any atom is -0.457 e. The summed E-state index contributed by atoms with van der Waals surface area (Å²) in [4.78, 5) is 27.4. The molecule has 0 aliphatic carbocycles. The van der Waals surface area contributed by atoms with E-state index in [1.54, 1.807) is 5.32 Å². The molecule has 0 atom stereocenters.